The summed E-state index contributed by atoms with van der Waals surface area (Å²) >= 11 is 0. The summed E-state index contributed by atoms with van der Waals surface area (Å²) in [6, 6.07) is 11.9. The molecule has 25 heavy (non-hydrogen) atoms. The average Bonchev–Trinajstić information content (AvgIpc) is 2.60. The minimum absolute atomic E-state index is 0.00363. The molecule has 0 aliphatic carbocycles. The molecule has 0 spiro atoms. The van der Waals surface area contributed by atoms with Gasteiger partial charge < -0.3 is 4.90 Å². The van der Waals surface area contributed by atoms with E-state index in [0.717, 1.165) is 11.3 Å². The summed E-state index contributed by atoms with van der Waals surface area (Å²) in [5.74, 6) is -0.634. The standard InChI is InChI=1S/C19H17FN2O3/c1-12-11-21(16-7-9-17(10-8-16)22(24)25)18(13(2)19(12)23)14-3-5-15(20)6-4-14/h3-11,13,18H,1-2H3/t13-,18-/m0/s1. The molecular formula is C19H17FN2O3. The number of halogens is 1. The van der Waals surface area contributed by atoms with Gasteiger partial charge in [-0.2, -0.15) is 0 Å². The third kappa shape index (κ3) is 3.15. The first kappa shape index (κ1) is 16.8. The predicted molar refractivity (Wildman–Crippen MR) is 92.6 cm³/mol. The normalized spacial score (nSPS) is 20.4. The van der Waals surface area contributed by atoms with E-state index < -0.39 is 4.92 Å². The highest BCUT2D eigenvalue weighted by Crippen LogP contribution is 2.39. The third-order valence-corrected chi connectivity index (χ3v) is 4.48. The number of anilines is 1. The SMILES string of the molecule is CC1=CN(c2ccc([N+](=O)[O-])cc2)[C@H](c2ccc(F)cc2)[C@H](C)C1=O. The van der Waals surface area contributed by atoms with Crippen molar-refractivity contribution in [3.05, 3.63) is 81.8 Å². The van der Waals surface area contributed by atoms with Crippen LogP contribution in [0.25, 0.3) is 0 Å². The summed E-state index contributed by atoms with van der Waals surface area (Å²) in [7, 11) is 0. The summed E-state index contributed by atoms with van der Waals surface area (Å²) in [5.41, 5.74) is 2.16. The van der Waals surface area contributed by atoms with E-state index in [-0.39, 0.29) is 29.2 Å². The van der Waals surface area contributed by atoms with Crippen LogP contribution < -0.4 is 4.90 Å². The number of carbonyl (C=O) groups excluding carboxylic acids is 1. The zero-order valence-electron chi connectivity index (χ0n) is 13.8. The molecule has 0 unspecified atom stereocenters. The summed E-state index contributed by atoms with van der Waals surface area (Å²) in [6.45, 7) is 3.59. The fourth-order valence-corrected chi connectivity index (χ4v) is 3.19. The minimum Gasteiger partial charge on any atom is -0.339 e. The molecule has 6 heteroatoms. The second kappa shape index (κ2) is 6.47. The molecule has 0 radical (unpaired) electrons. The quantitative estimate of drug-likeness (QED) is 0.613. The first-order chi connectivity index (χ1) is 11.9. The van der Waals surface area contributed by atoms with Gasteiger partial charge in [0, 0.05) is 35.5 Å². The lowest BCUT2D eigenvalue weighted by atomic mass is 9.84. The van der Waals surface area contributed by atoms with Crippen molar-refractivity contribution in [2.75, 3.05) is 4.90 Å². The Labute approximate surface area is 144 Å². The third-order valence-electron chi connectivity index (χ3n) is 4.48. The van der Waals surface area contributed by atoms with Crippen molar-refractivity contribution in [1.82, 2.24) is 0 Å². The number of benzene rings is 2. The van der Waals surface area contributed by atoms with Crippen molar-refractivity contribution in [3.8, 4) is 0 Å². The summed E-state index contributed by atoms with van der Waals surface area (Å²) in [5, 5.41) is 10.9. The van der Waals surface area contributed by atoms with E-state index in [1.807, 2.05) is 11.8 Å². The van der Waals surface area contributed by atoms with Gasteiger partial charge in [0.15, 0.2) is 5.78 Å². The molecular weight excluding hydrogens is 323 g/mol. The van der Waals surface area contributed by atoms with Crippen molar-refractivity contribution in [3.63, 3.8) is 0 Å². The van der Waals surface area contributed by atoms with Crippen LogP contribution in [0.5, 0.6) is 0 Å². The monoisotopic (exact) mass is 340 g/mol. The van der Waals surface area contributed by atoms with Crippen LogP contribution in [0.15, 0.2) is 60.3 Å². The molecule has 0 bridgehead atoms. The molecule has 5 nitrogen and oxygen atoms in total. The van der Waals surface area contributed by atoms with Gasteiger partial charge in [0.05, 0.1) is 11.0 Å². The Morgan fingerprint density at radius 3 is 2.24 bits per heavy atom. The lowest BCUT2D eigenvalue weighted by Crippen LogP contribution is -2.37. The van der Waals surface area contributed by atoms with Gasteiger partial charge in [-0.15, -0.1) is 0 Å². The van der Waals surface area contributed by atoms with E-state index in [1.165, 1.54) is 24.3 Å². The van der Waals surface area contributed by atoms with Gasteiger partial charge in [-0.05, 0) is 36.8 Å². The molecule has 1 heterocycles. The number of hydrogen-bond acceptors (Lipinski definition) is 4. The van der Waals surface area contributed by atoms with Crippen LogP contribution in [0, 0.1) is 21.8 Å². The largest absolute Gasteiger partial charge is 0.339 e. The smallest absolute Gasteiger partial charge is 0.269 e. The number of non-ortho nitro benzene ring substituents is 1. The van der Waals surface area contributed by atoms with Gasteiger partial charge in [-0.25, -0.2) is 4.39 Å². The fraction of sp³-hybridized carbons (Fsp3) is 0.211. The fourth-order valence-electron chi connectivity index (χ4n) is 3.19. The van der Waals surface area contributed by atoms with E-state index >= 15 is 0 Å². The van der Waals surface area contributed by atoms with Gasteiger partial charge in [-0.1, -0.05) is 19.1 Å². The summed E-state index contributed by atoms with van der Waals surface area (Å²) in [6.07, 6.45) is 1.75. The van der Waals surface area contributed by atoms with E-state index in [0.29, 0.717) is 5.57 Å². The Hall–Kier alpha value is -3.02. The maximum Gasteiger partial charge on any atom is 0.269 e. The molecule has 0 amide bonds. The molecule has 2 aromatic carbocycles. The van der Waals surface area contributed by atoms with Crippen molar-refractivity contribution >= 4 is 17.2 Å². The van der Waals surface area contributed by atoms with Crippen LogP contribution in [0.1, 0.15) is 25.5 Å². The Bertz CT molecular complexity index is 844. The van der Waals surface area contributed by atoms with Crippen LogP contribution in [-0.4, -0.2) is 10.7 Å². The zero-order chi connectivity index (χ0) is 18.1. The Morgan fingerprint density at radius 1 is 1.08 bits per heavy atom. The number of nitrogens with zero attached hydrogens (tertiary/aromatic N) is 2. The zero-order valence-corrected chi connectivity index (χ0v) is 13.8. The van der Waals surface area contributed by atoms with Crippen LogP contribution in [0.4, 0.5) is 15.8 Å². The molecule has 2 atom stereocenters. The van der Waals surface area contributed by atoms with Crippen LogP contribution in [-0.2, 0) is 4.79 Å². The summed E-state index contributed by atoms with van der Waals surface area (Å²) < 4.78 is 13.3. The highest BCUT2D eigenvalue weighted by Gasteiger charge is 2.35. The lowest BCUT2D eigenvalue weighted by Gasteiger charge is -2.38. The van der Waals surface area contributed by atoms with Crippen LogP contribution in [0.3, 0.4) is 0 Å². The molecule has 128 valence electrons. The van der Waals surface area contributed by atoms with E-state index in [9.17, 15) is 19.3 Å². The molecule has 2 aromatic rings. The average molecular weight is 340 g/mol. The first-order valence-corrected chi connectivity index (χ1v) is 7.89. The van der Waals surface area contributed by atoms with E-state index in [4.69, 9.17) is 0 Å². The number of carbonyl (C=O) groups is 1. The highest BCUT2D eigenvalue weighted by molar-refractivity contribution is 5.99. The first-order valence-electron chi connectivity index (χ1n) is 7.89. The Kier molecular flexibility index (Phi) is 4.35. The van der Waals surface area contributed by atoms with Gasteiger partial charge >= 0.3 is 0 Å². The molecule has 3 rings (SSSR count). The van der Waals surface area contributed by atoms with Gasteiger partial charge in [-0.3, -0.25) is 14.9 Å². The predicted octanol–water partition coefficient (Wildman–Crippen LogP) is 4.40. The number of nitro groups is 1. The molecule has 1 aliphatic rings. The number of rotatable bonds is 3. The van der Waals surface area contributed by atoms with Crippen molar-refractivity contribution in [2.24, 2.45) is 5.92 Å². The molecule has 0 fully saturated rings. The van der Waals surface area contributed by atoms with Crippen molar-refractivity contribution < 1.29 is 14.1 Å². The number of allylic oxidation sites excluding steroid dienone is 1. The van der Waals surface area contributed by atoms with Crippen LogP contribution in [0.2, 0.25) is 0 Å². The molecule has 0 N–H and O–H groups in total. The summed E-state index contributed by atoms with van der Waals surface area (Å²) in [4.78, 5) is 24.8. The van der Waals surface area contributed by atoms with E-state index in [1.54, 1.807) is 37.4 Å². The number of nitro benzene ring substituents is 1. The highest BCUT2D eigenvalue weighted by atomic mass is 19.1. The Morgan fingerprint density at radius 2 is 1.68 bits per heavy atom. The number of Topliss-reactive ketones (excluding diaryl/α,β-unsaturated/α-hetero) is 1. The van der Waals surface area contributed by atoms with E-state index in [2.05, 4.69) is 0 Å². The topological polar surface area (TPSA) is 63.4 Å². The molecule has 0 saturated heterocycles. The van der Waals surface area contributed by atoms with Crippen molar-refractivity contribution in [2.45, 2.75) is 19.9 Å². The number of ketones is 1. The molecule has 1 aliphatic heterocycles. The number of hydrogen-bond donors (Lipinski definition) is 0. The second-order valence-corrected chi connectivity index (χ2v) is 6.14. The minimum atomic E-state index is -0.454. The Balaban J connectivity index is 2.07. The van der Waals surface area contributed by atoms with Crippen molar-refractivity contribution in [1.29, 1.82) is 0 Å². The van der Waals surface area contributed by atoms with Gasteiger partial charge in [0.25, 0.3) is 5.69 Å². The van der Waals surface area contributed by atoms with Gasteiger partial charge in [0.1, 0.15) is 5.82 Å². The van der Waals surface area contributed by atoms with Crippen LogP contribution >= 0.6 is 0 Å². The van der Waals surface area contributed by atoms with Gasteiger partial charge in [0.2, 0.25) is 0 Å². The molecule has 0 saturated carbocycles. The maximum atomic E-state index is 13.3. The maximum absolute atomic E-state index is 13.3. The lowest BCUT2D eigenvalue weighted by molar-refractivity contribution is -0.384. The molecule has 0 aromatic heterocycles. The second-order valence-electron chi connectivity index (χ2n) is 6.14.